The fourth-order valence-corrected chi connectivity index (χ4v) is 2.02. The second-order valence-electron chi connectivity index (χ2n) is 5.34. The van der Waals surface area contributed by atoms with Crippen LogP contribution in [0.2, 0.25) is 0 Å². The van der Waals surface area contributed by atoms with Crippen LogP contribution in [0.4, 0.5) is 4.39 Å². The van der Waals surface area contributed by atoms with E-state index in [-0.39, 0.29) is 18.4 Å². The van der Waals surface area contributed by atoms with Crippen LogP contribution in [0.25, 0.3) is 0 Å². The zero-order valence-corrected chi connectivity index (χ0v) is 11.3. The number of carboxylic acid groups (broad SMARTS) is 1. The van der Waals surface area contributed by atoms with Crippen molar-refractivity contribution >= 4 is 5.97 Å². The third kappa shape index (κ3) is 4.52. The lowest BCUT2D eigenvalue weighted by Crippen LogP contribution is -2.20. The first-order valence-corrected chi connectivity index (χ1v) is 5.98. The summed E-state index contributed by atoms with van der Waals surface area (Å²) in [6, 6.07) is 4.21. The van der Waals surface area contributed by atoms with E-state index in [0.29, 0.717) is 5.75 Å². The molecule has 0 spiro atoms. The van der Waals surface area contributed by atoms with Gasteiger partial charge < -0.3 is 14.9 Å². The van der Waals surface area contributed by atoms with Crippen LogP contribution in [0, 0.1) is 11.2 Å². The van der Waals surface area contributed by atoms with Crippen molar-refractivity contribution in [3.05, 3.63) is 29.6 Å². The van der Waals surface area contributed by atoms with Gasteiger partial charge in [-0.3, -0.25) is 4.79 Å². The number of benzene rings is 1. The number of halogens is 1. The van der Waals surface area contributed by atoms with E-state index >= 15 is 0 Å². The van der Waals surface area contributed by atoms with E-state index in [4.69, 9.17) is 9.84 Å². The highest BCUT2D eigenvalue weighted by Crippen LogP contribution is 2.34. The third-order valence-electron chi connectivity index (χ3n) is 2.94. The smallest absolute Gasteiger partial charge is 0.303 e. The number of carbonyl (C=O) groups is 1. The topological polar surface area (TPSA) is 66.8 Å². The van der Waals surface area contributed by atoms with Gasteiger partial charge in [0.05, 0.1) is 19.6 Å². The molecule has 5 heteroatoms. The lowest BCUT2D eigenvalue weighted by atomic mass is 9.82. The lowest BCUT2D eigenvalue weighted by molar-refractivity contribution is -0.139. The number of aliphatic hydroxyl groups is 1. The predicted octanol–water partition coefficient (Wildman–Crippen LogP) is 2.76. The van der Waals surface area contributed by atoms with Crippen molar-refractivity contribution in [2.24, 2.45) is 5.41 Å². The van der Waals surface area contributed by atoms with Crippen LogP contribution >= 0.6 is 0 Å². The Hall–Kier alpha value is -1.62. The van der Waals surface area contributed by atoms with Crippen molar-refractivity contribution in [1.29, 1.82) is 0 Å². The van der Waals surface area contributed by atoms with Crippen molar-refractivity contribution in [2.75, 3.05) is 7.11 Å². The number of hydrogen-bond acceptors (Lipinski definition) is 3. The molecule has 1 atom stereocenters. The first-order valence-electron chi connectivity index (χ1n) is 5.98. The largest absolute Gasteiger partial charge is 0.497 e. The van der Waals surface area contributed by atoms with Crippen molar-refractivity contribution < 1.29 is 24.1 Å². The van der Waals surface area contributed by atoms with Crippen LogP contribution in [0.1, 0.15) is 38.4 Å². The molecule has 106 valence electrons. The second-order valence-corrected chi connectivity index (χ2v) is 5.34. The van der Waals surface area contributed by atoms with Gasteiger partial charge in [0, 0.05) is 11.6 Å². The van der Waals surface area contributed by atoms with Gasteiger partial charge in [0.15, 0.2) is 0 Å². The van der Waals surface area contributed by atoms with Crippen LogP contribution in [0.3, 0.4) is 0 Å². The summed E-state index contributed by atoms with van der Waals surface area (Å²) in [7, 11) is 1.43. The molecule has 1 unspecified atom stereocenters. The van der Waals surface area contributed by atoms with Crippen molar-refractivity contribution in [2.45, 2.75) is 32.8 Å². The van der Waals surface area contributed by atoms with Crippen molar-refractivity contribution in [3.8, 4) is 5.75 Å². The zero-order valence-electron chi connectivity index (χ0n) is 11.3. The monoisotopic (exact) mass is 270 g/mol. The molecular weight excluding hydrogens is 251 g/mol. The molecule has 0 aliphatic heterocycles. The quantitative estimate of drug-likeness (QED) is 0.834. The number of rotatable bonds is 6. The molecular formula is C14H19FO4. The average Bonchev–Trinajstić information content (AvgIpc) is 2.25. The van der Waals surface area contributed by atoms with Gasteiger partial charge >= 0.3 is 5.97 Å². The first-order chi connectivity index (χ1) is 8.75. The predicted molar refractivity (Wildman–Crippen MR) is 68.6 cm³/mol. The van der Waals surface area contributed by atoms with E-state index < -0.39 is 23.3 Å². The summed E-state index contributed by atoms with van der Waals surface area (Å²) in [5.74, 6) is -1.12. The Kier molecular flexibility index (Phi) is 4.89. The Morgan fingerprint density at radius 2 is 2.11 bits per heavy atom. The lowest BCUT2D eigenvalue weighted by Gasteiger charge is -2.26. The minimum Gasteiger partial charge on any atom is -0.497 e. The Balaban J connectivity index is 2.83. The maximum absolute atomic E-state index is 13.8. The molecule has 0 aliphatic carbocycles. The Bertz CT molecular complexity index is 457. The summed E-state index contributed by atoms with van der Waals surface area (Å²) in [4.78, 5) is 10.7. The molecule has 2 N–H and O–H groups in total. The molecule has 1 rings (SSSR count). The van der Waals surface area contributed by atoms with Gasteiger partial charge in [0.25, 0.3) is 0 Å². The van der Waals surface area contributed by atoms with E-state index in [2.05, 4.69) is 0 Å². The number of aliphatic carboxylic acids is 1. The highest BCUT2D eigenvalue weighted by Gasteiger charge is 2.27. The number of ether oxygens (including phenoxy) is 1. The minimum absolute atomic E-state index is 0.0815. The van der Waals surface area contributed by atoms with Gasteiger partial charge in [-0.15, -0.1) is 0 Å². The zero-order chi connectivity index (χ0) is 14.6. The molecule has 0 radical (unpaired) electrons. The number of aliphatic hydroxyl groups excluding tert-OH is 1. The Morgan fingerprint density at radius 1 is 1.47 bits per heavy atom. The van der Waals surface area contributed by atoms with Crippen molar-refractivity contribution in [3.63, 3.8) is 0 Å². The minimum atomic E-state index is -1.04. The third-order valence-corrected chi connectivity index (χ3v) is 2.94. The maximum atomic E-state index is 13.8. The second kappa shape index (κ2) is 6.02. The van der Waals surface area contributed by atoms with Gasteiger partial charge in [-0.2, -0.15) is 0 Å². The molecule has 1 aromatic rings. The standard InChI is InChI=1S/C14H19FO4/c1-14(2,8-13(17)18)7-12(16)10-5-4-9(19-3)6-11(10)15/h4-6,12,16H,7-8H2,1-3H3,(H,17,18). The SMILES string of the molecule is COc1ccc(C(O)CC(C)(C)CC(=O)O)c(F)c1. The molecule has 0 aliphatic rings. The summed E-state index contributed by atoms with van der Waals surface area (Å²) in [5.41, 5.74) is -0.461. The average molecular weight is 270 g/mol. The maximum Gasteiger partial charge on any atom is 0.303 e. The number of hydrogen-bond donors (Lipinski definition) is 2. The molecule has 0 heterocycles. The first kappa shape index (κ1) is 15.4. The summed E-state index contributed by atoms with van der Waals surface area (Å²) < 4.78 is 18.7. The van der Waals surface area contributed by atoms with Crippen LogP contribution in [-0.4, -0.2) is 23.3 Å². The highest BCUT2D eigenvalue weighted by atomic mass is 19.1. The fraction of sp³-hybridized carbons (Fsp3) is 0.500. The Morgan fingerprint density at radius 3 is 2.58 bits per heavy atom. The van der Waals surface area contributed by atoms with E-state index in [1.54, 1.807) is 19.9 Å². The molecule has 1 aromatic carbocycles. The molecule has 4 nitrogen and oxygen atoms in total. The van der Waals surface area contributed by atoms with E-state index in [0.717, 1.165) is 0 Å². The van der Waals surface area contributed by atoms with E-state index in [1.165, 1.54) is 19.2 Å². The molecule has 0 aromatic heterocycles. The van der Waals surface area contributed by atoms with Crippen LogP contribution < -0.4 is 4.74 Å². The molecule has 0 fully saturated rings. The van der Waals surface area contributed by atoms with Gasteiger partial charge in [0.2, 0.25) is 0 Å². The summed E-state index contributed by atoms with van der Waals surface area (Å²) in [5, 5.41) is 18.8. The molecule has 0 bridgehead atoms. The van der Waals surface area contributed by atoms with Gasteiger partial charge in [-0.05, 0) is 24.0 Å². The summed E-state index contributed by atoms with van der Waals surface area (Å²) in [6.07, 6.45) is -0.954. The van der Waals surface area contributed by atoms with Gasteiger partial charge in [-0.1, -0.05) is 13.8 Å². The molecule has 0 saturated carbocycles. The van der Waals surface area contributed by atoms with Crippen LogP contribution in [0.15, 0.2) is 18.2 Å². The number of carboxylic acids is 1. The highest BCUT2D eigenvalue weighted by molar-refractivity contribution is 5.67. The molecule has 0 saturated heterocycles. The van der Waals surface area contributed by atoms with Gasteiger partial charge in [0.1, 0.15) is 11.6 Å². The summed E-state index contributed by atoms with van der Waals surface area (Å²) >= 11 is 0. The molecule has 19 heavy (non-hydrogen) atoms. The van der Waals surface area contributed by atoms with Gasteiger partial charge in [-0.25, -0.2) is 4.39 Å². The summed E-state index contributed by atoms with van der Waals surface area (Å²) in [6.45, 7) is 3.46. The Labute approximate surface area is 111 Å². The van der Waals surface area contributed by atoms with E-state index in [9.17, 15) is 14.3 Å². The fourth-order valence-electron chi connectivity index (χ4n) is 2.02. The van der Waals surface area contributed by atoms with Crippen LogP contribution in [-0.2, 0) is 4.79 Å². The van der Waals surface area contributed by atoms with Crippen LogP contribution in [0.5, 0.6) is 5.75 Å². The molecule has 0 amide bonds. The van der Waals surface area contributed by atoms with Crippen molar-refractivity contribution in [1.82, 2.24) is 0 Å². The van der Waals surface area contributed by atoms with E-state index in [1.807, 2.05) is 0 Å². The normalized spacial score (nSPS) is 13.1. The number of methoxy groups -OCH3 is 1.